The van der Waals surface area contributed by atoms with Crippen molar-refractivity contribution in [3.63, 3.8) is 0 Å². The minimum Gasteiger partial charge on any atom is -0.491 e. The molecular weight excluding hydrogens is 218 g/mol. The van der Waals surface area contributed by atoms with Crippen molar-refractivity contribution in [2.75, 3.05) is 7.11 Å². The molecule has 0 saturated carbocycles. The summed E-state index contributed by atoms with van der Waals surface area (Å²) < 4.78 is 31.1. The molecule has 1 rings (SSSR count). The molecule has 3 nitrogen and oxygen atoms in total. The van der Waals surface area contributed by atoms with E-state index >= 15 is 0 Å². The Labute approximate surface area is 91.7 Å². The molecule has 16 heavy (non-hydrogen) atoms. The van der Waals surface area contributed by atoms with Crippen LogP contribution in [0.3, 0.4) is 0 Å². The summed E-state index contributed by atoms with van der Waals surface area (Å²) in [5.41, 5.74) is 0.103. The topological polar surface area (TPSA) is 46.5 Å². The van der Waals surface area contributed by atoms with Crippen molar-refractivity contribution in [3.05, 3.63) is 29.3 Å². The molecule has 0 radical (unpaired) electrons. The van der Waals surface area contributed by atoms with E-state index in [0.29, 0.717) is 0 Å². The van der Waals surface area contributed by atoms with E-state index in [2.05, 4.69) is 4.74 Å². The van der Waals surface area contributed by atoms with Gasteiger partial charge in [0.25, 0.3) is 0 Å². The number of ether oxygens (including phenoxy) is 1. The molecule has 0 spiro atoms. The Morgan fingerprint density at radius 1 is 1.44 bits per heavy atom. The van der Waals surface area contributed by atoms with Crippen LogP contribution in [-0.2, 0) is 4.79 Å². The number of aliphatic carboxylic acids is 1. The number of hydrogen-bond acceptors (Lipinski definition) is 2. The molecule has 1 aromatic rings. The predicted molar refractivity (Wildman–Crippen MR) is 53.6 cm³/mol. The highest BCUT2D eigenvalue weighted by molar-refractivity contribution is 5.76. The van der Waals surface area contributed by atoms with Crippen LogP contribution >= 0.6 is 0 Å². The molecule has 5 heteroatoms. The Morgan fingerprint density at radius 3 is 2.25 bits per heavy atom. The average Bonchev–Trinajstić information content (AvgIpc) is 2.17. The molecule has 0 bridgehead atoms. The molecule has 0 aliphatic rings. The van der Waals surface area contributed by atoms with Gasteiger partial charge in [-0.3, -0.25) is 4.79 Å². The normalized spacial score (nSPS) is 12.2. The smallest absolute Gasteiger partial charge is 0.310 e. The van der Waals surface area contributed by atoms with Gasteiger partial charge in [-0.2, -0.15) is 0 Å². The van der Waals surface area contributed by atoms with Crippen LogP contribution in [0.5, 0.6) is 5.75 Å². The molecule has 0 saturated heterocycles. The summed E-state index contributed by atoms with van der Waals surface area (Å²) in [5, 5.41) is 8.86. The van der Waals surface area contributed by atoms with Gasteiger partial charge in [-0.05, 0) is 24.1 Å². The maximum atomic E-state index is 13.3. The third-order valence-corrected chi connectivity index (χ3v) is 2.33. The summed E-state index contributed by atoms with van der Waals surface area (Å²) >= 11 is 0. The maximum Gasteiger partial charge on any atom is 0.310 e. The summed E-state index contributed by atoms with van der Waals surface area (Å²) in [6.07, 6.45) is 0.264. The SMILES string of the molecule is CCC(C(=O)O)c1cc(F)c(OC)c(F)c1. The number of hydrogen-bond donors (Lipinski definition) is 1. The van der Waals surface area contributed by atoms with E-state index < -0.39 is 29.3 Å². The molecule has 1 unspecified atom stereocenters. The quantitative estimate of drug-likeness (QED) is 0.864. The highest BCUT2D eigenvalue weighted by Gasteiger charge is 2.21. The maximum absolute atomic E-state index is 13.3. The van der Waals surface area contributed by atoms with Crippen LogP contribution in [0, 0.1) is 11.6 Å². The second-order valence-electron chi connectivity index (χ2n) is 3.32. The Kier molecular flexibility index (Phi) is 3.82. The monoisotopic (exact) mass is 230 g/mol. The predicted octanol–water partition coefficient (Wildman–Crippen LogP) is 2.55. The molecule has 0 aromatic heterocycles. The molecule has 1 N–H and O–H groups in total. The molecule has 88 valence electrons. The van der Waals surface area contributed by atoms with E-state index in [4.69, 9.17) is 5.11 Å². The average molecular weight is 230 g/mol. The van der Waals surface area contributed by atoms with Gasteiger partial charge in [-0.1, -0.05) is 6.92 Å². The van der Waals surface area contributed by atoms with E-state index in [-0.39, 0.29) is 12.0 Å². The first-order valence-corrected chi connectivity index (χ1v) is 4.77. The van der Waals surface area contributed by atoms with E-state index in [1.165, 1.54) is 0 Å². The zero-order valence-electron chi connectivity index (χ0n) is 8.96. The molecular formula is C11H12F2O3. The van der Waals surface area contributed by atoms with Crippen LogP contribution in [0.15, 0.2) is 12.1 Å². The first-order valence-electron chi connectivity index (χ1n) is 4.77. The fraction of sp³-hybridized carbons (Fsp3) is 0.364. The van der Waals surface area contributed by atoms with Crippen LogP contribution in [0.4, 0.5) is 8.78 Å². The largest absolute Gasteiger partial charge is 0.491 e. The van der Waals surface area contributed by atoms with Gasteiger partial charge in [-0.15, -0.1) is 0 Å². The van der Waals surface area contributed by atoms with E-state index in [1.807, 2.05) is 0 Å². The molecule has 1 atom stereocenters. The van der Waals surface area contributed by atoms with Gasteiger partial charge in [0.2, 0.25) is 0 Å². The van der Waals surface area contributed by atoms with Gasteiger partial charge in [0, 0.05) is 0 Å². The molecule has 0 fully saturated rings. The first kappa shape index (κ1) is 12.4. The highest BCUT2D eigenvalue weighted by Crippen LogP contribution is 2.28. The van der Waals surface area contributed by atoms with Crippen molar-refractivity contribution >= 4 is 5.97 Å². The Morgan fingerprint density at radius 2 is 1.94 bits per heavy atom. The summed E-state index contributed by atoms with van der Waals surface area (Å²) in [6.45, 7) is 1.64. The standard InChI is InChI=1S/C11H12F2O3/c1-3-7(11(14)15)6-4-8(12)10(16-2)9(13)5-6/h4-5,7H,3H2,1-2H3,(H,14,15). The number of carboxylic acids is 1. The van der Waals surface area contributed by atoms with Gasteiger partial charge in [0.15, 0.2) is 17.4 Å². The van der Waals surface area contributed by atoms with Crippen molar-refractivity contribution in [2.45, 2.75) is 19.3 Å². The third-order valence-electron chi connectivity index (χ3n) is 2.33. The number of halogens is 2. The first-order chi connectivity index (χ1) is 7.51. The lowest BCUT2D eigenvalue weighted by molar-refractivity contribution is -0.138. The van der Waals surface area contributed by atoms with Crippen LogP contribution in [-0.4, -0.2) is 18.2 Å². The van der Waals surface area contributed by atoms with Crippen LogP contribution in [0.2, 0.25) is 0 Å². The van der Waals surface area contributed by atoms with Crippen molar-refractivity contribution in [3.8, 4) is 5.75 Å². The second kappa shape index (κ2) is 4.92. The zero-order valence-corrected chi connectivity index (χ0v) is 8.96. The van der Waals surface area contributed by atoms with Crippen molar-refractivity contribution in [1.82, 2.24) is 0 Å². The van der Waals surface area contributed by atoms with Crippen LogP contribution < -0.4 is 4.74 Å². The van der Waals surface area contributed by atoms with Gasteiger partial charge in [-0.25, -0.2) is 8.78 Å². The Bertz CT molecular complexity index is 381. The van der Waals surface area contributed by atoms with Crippen molar-refractivity contribution in [2.24, 2.45) is 0 Å². The fourth-order valence-electron chi connectivity index (χ4n) is 1.53. The molecule has 0 amide bonds. The third kappa shape index (κ3) is 2.29. The van der Waals surface area contributed by atoms with E-state index in [1.54, 1.807) is 6.92 Å². The number of carboxylic acid groups (broad SMARTS) is 1. The lowest BCUT2D eigenvalue weighted by Gasteiger charge is -2.12. The summed E-state index contributed by atoms with van der Waals surface area (Å²) in [6, 6.07) is 1.98. The molecule has 1 aromatic carbocycles. The molecule has 0 aliphatic carbocycles. The number of benzene rings is 1. The fourth-order valence-corrected chi connectivity index (χ4v) is 1.53. The van der Waals surface area contributed by atoms with E-state index in [9.17, 15) is 13.6 Å². The van der Waals surface area contributed by atoms with E-state index in [0.717, 1.165) is 19.2 Å². The molecule has 0 heterocycles. The second-order valence-corrected chi connectivity index (χ2v) is 3.32. The number of methoxy groups -OCH3 is 1. The van der Waals surface area contributed by atoms with Crippen molar-refractivity contribution < 1.29 is 23.4 Å². The lowest BCUT2D eigenvalue weighted by atomic mass is 9.96. The minimum atomic E-state index is -1.11. The Balaban J connectivity index is 3.21. The van der Waals surface area contributed by atoms with Gasteiger partial charge in [0.05, 0.1) is 13.0 Å². The summed E-state index contributed by atoms with van der Waals surface area (Å²) in [4.78, 5) is 10.8. The lowest BCUT2D eigenvalue weighted by Crippen LogP contribution is -2.11. The van der Waals surface area contributed by atoms with Gasteiger partial charge >= 0.3 is 5.97 Å². The van der Waals surface area contributed by atoms with Crippen LogP contribution in [0.25, 0.3) is 0 Å². The van der Waals surface area contributed by atoms with Crippen molar-refractivity contribution in [1.29, 1.82) is 0 Å². The molecule has 0 aliphatic heterocycles. The number of carbonyl (C=O) groups is 1. The zero-order chi connectivity index (χ0) is 12.3. The van der Waals surface area contributed by atoms with Gasteiger partial charge < -0.3 is 9.84 Å². The van der Waals surface area contributed by atoms with Crippen LogP contribution in [0.1, 0.15) is 24.8 Å². The highest BCUT2D eigenvalue weighted by atomic mass is 19.1. The summed E-state index contributed by atoms with van der Waals surface area (Å²) in [7, 11) is 1.15. The summed E-state index contributed by atoms with van der Waals surface area (Å²) in [5.74, 6) is -4.29. The Hall–Kier alpha value is -1.65. The van der Waals surface area contributed by atoms with Gasteiger partial charge in [0.1, 0.15) is 0 Å². The minimum absolute atomic E-state index is 0.103. The number of rotatable bonds is 4.